The summed E-state index contributed by atoms with van der Waals surface area (Å²) < 4.78 is 6.72. The van der Waals surface area contributed by atoms with Gasteiger partial charge >= 0.3 is 13.7 Å². The predicted molar refractivity (Wildman–Crippen MR) is 106 cm³/mol. The molecule has 2 aromatic heterocycles. The highest BCUT2D eigenvalue weighted by Gasteiger charge is 2.45. The van der Waals surface area contributed by atoms with Gasteiger partial charge in [0.2, 0.25) is 0 Å². The molecule has 1 unspecified atom stereocenters. The average molecular weight is 394 g/mol. The molecular formula is C20H19BN2O6. The second-order valence-electron chi connectivity index (χ2n) is 6.93. The van der Waals surface area contributed by atoms with E-state index in [1.54, 1.807) is 17.6 Å². The molecule has 8 nitrogen and oxygen atoms in total. The second kappa shape index (κ2) is 7.11. The van der Waals surface area contributed by atoms with Crippen molar-refractivity contribution in [2.75, 3.05) is 0 Å². The van der Waals surface area contributed by atoms with E-state index in [0.29, 0.717) is 23.4 Å². The molecule has 3 N–H and O–H groups in total. The van der Waals surface area contributed by atoms with Gasteiger partial charge < -0.3 is 24.5 Å². The van der Waals surface area contributed by atoms with Gasteiger partial charge in [-0.05, 0) is 24.6 Å². The van der Waals surface area contributed by atoms with E-state index in [-0.39, 0.29) is 18.6 Å². The van der Waals surface area contributed by atoms with Crippen LogP contribution in [0.1, 0.15) is 30.0 Å². The number of aromatic nitrogens is 2. The Morgan fingerprint density at radius 3 is 2.69 bits per heavy atom. The molecule has 9 heteroatoms. The molecule has 0 spiro atoms. The Balaban J connectivity index is 0.000000645. The van der Waals surface area contributed by atoms with Crippen LogP contribution in [0.15, 0.2) is 41.2 Å². The van der Waals surface area contributed by atoms with E-state index in [4.69, 9.17) is 19.8 Å². The standard InChI is InChI=1S/C20H16N2O4.BH3O2/c1-2-20(25)14-8-16-17-12(7-11-5-3-4-6-15(11)21-17)9-22(16)18(23)13(14)10-26-19(20)24;2-1-3/h3-8,25H,2,9-10H2,1H3;1-3H. The SMILES string of the molecule is CCC1(O)C(=O)OCc2c1cc1n(c2=O)Cc2cc3ccccc3nc2-1.OBO. The van der Waals surface area contributed by atoms with Crippen LogP contribution in [-0.2, 0) is 28.3 Å². The lowest BCUT2D eigenvalue weighted by Gasteiger charge is -2.31. The molecule has 29 heavy (non-hydrogen) atoms. The average Bonchev–Trinajstić information content (AvgIpc) is 3.08. The van der Waals surface area contributed by atoms with Crippen molar-refractivity contribution in [2.24, 2.45) is 0 Å². The molecule has 148 valence electrons. The maximum Gasteiger partial charge on any atom is 0.432 e. The van der Waals surface area contributed by atoms with Crippen LogP contribution in [0.25, 0.3) is 22.3 Å². The number of pyridine rings is 2. The molecular weight excluding hydrogens is 375 g/mol. The molecule has 5 rings (SSSR count). The molecule has 2 aliphatic heterocycles. The van der Waals surface area contributed by atoms with Crippen molar-refractivity contribution in [1.29, 1.82) is 0 Å². The number of carbonyl (C=O) groups is 1. The van der Waals surface area contributed by atoms with E-state index in [9.17, 15) is 14.7 Å². The lowest BCUT2D eigenvalue weighted by molar-refractivity contribution is -0.172. The zero-order valence-electron chi connectivity index (χ0n) is 15.8. The zero-order valence-corrected chi connectivity index (χ0v) is 15.8. The number of carbonyl (C=O) groups excluding carboxylic acids is 1. The number of esters is 1. The summed E-state index contributed by atoms with van der Waals surface area (Å²) in [5.74, 6) is -0.707. The van der Waals surface area contributed by atoms with Gasteiger partial charge in [-0.2, -0.15) is 0 Å². The maximum atomic E-state index is 13.0. The van der Waals surface area contributed by atoms with Crippen LogP contribution in [0, 0.1) is 0 Å². The second-order valence-corrected chi connectivity index (χ2v) is 6.93. The van der Waals surface area contributed by atoms with Gasteiger partial charge in [0.15, 0.2) is 5.60 Å². The Morgan fingerprint density at radius 1 is 1.24 bits per heavy atom. The van der Waals surface area contributed by atoms with Crippen molar-refractivity contribution in [2.45, 2.75) is 32.1 Å². The van der Waals surface area contributed by atoms with Crippen molar-refractivity contribution >= 4 is 24.6 Å². The number of rotatable bonds is 1. The van der Waals surface area contributed by atoms with Gasteiger partial charge in [0, 0.05) is 16.5 Å². The highest BCUT2D eigenvalue weighted by Crippen LogP contribution is 2.38. The number of nitrogens with zero attached hydrogens (tertiary/aromatic N) is 2. The molecule has 0 fully saturated rings. The lowest BCUT2D eigenvalue weighted by Crippen LogP contribution is -2.44. The summed E-state index contributed by atoms with van der Waals surface area (Å²) in [5.41, 5.74) is 1.81. The fraction of sp³-hybridized carbons (Fsp3) is 0.250. The van der Waals surface area contributed by atoms with E-state index in [1.165, 1.54) is 0 Å². The summed E-state index contributed by atoms with van der Waals surface area (Å²) in [6.45, 7) is 2.01. The van der Waals surface area contributed by atoms with E-state index >= 15 is 0 Å². The number of fused-ring (bicyclic) bond motifs is 5. The van der Waals surface area contributed by atoms with Crippen molar-refractivity contribution in [3.05, 3.63) is 63.4 Å². The van der Waals surface area contributed by atoms with Crippen molar-refractivity contribution in [3.8, 4) is 11.4 Å². The fourth-order valence-electron chi connectivity index (χ4n) is 3.93. The predicted octanol–water partition coefficient (Wildman–Crippen LogP) is 0.317. The van der Waals surface area contributed by atoms with Gasteiger partial charge in [-0.25, -0.2) is 9.78 Å². The molecule has 0 saturated carbocycles. The summed E-state index contributed by atoms with van der Waals surface area (Å²) >= 11 is 0. The molecule has 0 saturated heterocycles. The van der Waals surface area contributed by atoms with Gasteiger partial charge in [-0.15, -0.1) is 0 Å². The van der Waals surface area contributed by atoms with E-state index in [1.807, 2.05) is 30.3 Å². The summed E-state index contributed by atoms with van der Waals surface area (Å²) in [7, 11) is -0.750. The first-order chi connectivity index (χ1) is 13.9. The van der Waals surface area contributed by atoms with Gasteiger partial charge in [0.05, 0.1) is 29.0 Å². The first kappa shape index (κ1) is 19.3. The molecule has 4 heterocycles. The van der Waals surface area contributed by atoms with Crippen LogP contribution in [0.3, 0.4) is 0 Å². The fourth-order valence-corrected chi connectivity index (χ4v) is 3.93. The summed E-state index contributed by atoms with van der Waals surface area (Å²) in [6, 6.07) is 11.6. The Kier molecular flexibility index (Phi) is 4.73. The number of cyclic esters (lactones) is 1. The van der Waals surface area contributed by atoms with Gasteiger partial charge in [0.1, 0.15) is 6.61 Å². The zero-order chi connectivity index (χ0) is 20.8. The van der Waals surface area contributed by atoms with Gasteiger partial charge in [0.25, 0.3) is 5.56 Å². The number of ether oxygens (including phenoxy) is 1. The molecule has 1 atom stereocenters. The monoisotopic (exact) mass is 394 g/mol. The summed E-state index contributed by atoms with van der Waals surface area (Å²) in [4.78, 5) is 29.9. The molecule has 3 aromatic rings. The first-order valence-corrected chi connectivity index (χ1v) is 9.22. The smallest absolute Gasteiger partial charge is 0.432 e. The van der Waals surface area contributed by atoms with Crippen LogP contribution in [0.4, 0.5) is 0 Å². The molecule has 2 aliphatic rings. The van der Waals surface area contributed by atoms with Crippen molar-refractivity contribution in [3.63, 3.8) is 0 Å². The molecule has 1 aromatic carbocycles. The summed E-state index contributed by atoms with van der Waals surface area (Å²) in [5, 5.41) is 26.1. The van der Waals surface area contributed by atoms with Crippen LogP contribution in [0.2, 0.25) is 0 Å². The van der Waals surface area contributed by atoms with Crippen LogP contribution in [0.5, 0.6) is 0 Å². The van der Waals surface area contributed by atoms with Crippen molar-refractivity contribution in [1.82, 2.24) is 9.55 Å². The Morgan fingerprint density at radius 2 is 1.97 bits per heavy atom. The molecule has 0 radical (unpaired) electrons. The Bertz CT molecular complexity index is 1190. The normalized spacial score (nSPS) is 18.8. The highest BCUT2D eigenvalue weighted by molar-refractivity contribution is 6.13. The van der Waals surface area contributed by atoms with E-state index < -0.39 is 19.3 Å². The summed E-state index contributed by atoms with van der Waals surface area (Å²) in [6.07, 6.45) is 0.139. The van der Waals surface area contributed by atoms with Crippen LogP contribution in [-0.4, -0.2) is 38.4 Å². The maximum absolute atomic E-state index is 13.0. The number of aliphatic hydroxyl groups is 1. The topological polar surface area (TPSA) is 122 Å². The largest absolute Gasteiger partial charge is 0.458 e. The molecule has 0 bridgehead atoms. The molecule has 0 aliphatic carbocycles. The minimum Gasteiger partial charge on any atom is -0.458 e. The number of para-hydroxylation sites is 1. The lowest BCUT2D eigenvalue weighted by atomic mass is 9.86. The number of hydrogen-bond donors (Lipinski definition) is 3. The first-order valence-electron chi connectivity index (χ1n) is 9.22. The third-order valence-corrected chi connectivity index (χ3v) is 5.42. The minimum atomic E-state index is -1.79. The van der Waals surface area contributed by atoms with Crippen LogP contribution >= 0.6 is 0 Å². The van der Waals surface area contributed by atoms with E-state index in [2.05, 4.69) is 0 Å². The minimum absolute atomic E-state index is 0.110. The third-order valence-electron chi connectivity index (χ3n) is 5.42. The molecule has 0 amide bonds. The van der Waals surface area contributed by atoms with E-state index in [0.717, 1.165) is 22.2 Å². The Hall–Kier alpha value is -3.01. The highest BCUT2D eigenvalue weighted by atomic mass is 16.6. The third kappa shape index (κ3) is 2.86. The van der Waals surface area contributed by atoms with Gasteiger partial charge in [-0.1, -0.05) is 25.1 Å². The Labute approximate surface area is 166 Å². The van der Waals surface area contributed by atoms with Crippen molar-refractivity contribution < 1.29 is 24.7 Å². The van der Waals surface area contributed by atoms with Crippen LogP contribution < -0.4 is 5.56 Å². The van der Waals surface area contributed by atoms with Gasteiger partial charge in [-0.3, -0.25) is 4.79 Å². The number of benzene rings is 1. The number of hydrogen-bond acceptors (Lipinski definition) is 7. The quantitative estimate of drug-likeness (QED) is 0.314.